The summed E-state index contributed by atoms with van der Waals surface area (Å²) in [7, 11) is 1.80. The first kappa shape index (κ1) is 10.0. The quantitative estimate of drug-likeness (QED) is 0.678. The van der Waals surface area contributed by atoms with Crippen LogP contribution in [0.3, 0.4) is 0 Å². The molecule has 0 spiro atoms. The van der Waals surface area contributed by atoms with E-state index in [1.165, 1.54) is 6.33 Å². The minimum absolute atomic E-state index is 0.0152. The van der Waals surface area contributed by atoms with E-state index in [2.05, 4.69) is 15.3 Å². The summed E-state index contributed by atoms with van der Waals surface area (Å²) in [6.07, 6.45) is 1.25. The number of hydrogen-bond donors (Lipinski definition) is 2. The van der Waals surface area contributed by atoms with Gasteiger partial charge in [0.25, 0.3) is 5.56 Å². The van der Waals surface area contributed by atoms with Crippen molar-refractivity contribution in [3.05, 3.63) is 21.7 Å². The molecule has 0 amide bonds. The topological polar surface area (TPSA) is 67.0 Å². The lowest BCUT2D eigenvalue weighted by molar-refractivity contribution is 0.305. The van der Waals surface area contributed by atoms with Crippen molar-refractivity contribution in [1.82, 2.24) is 15.3 Å². The van der Waals surface area contributed by atoms with Gasteiger partial charge in [0.15, 0.2) is 5.02 Å². The Hall–Kier alpha value is -1.07. The third kappa shape index (κ3) is 2.71. The van der Waals surface area contributed by atoms with Gasteiger partial charge in [0, 0.05) is 6.54 Å². The smallest absolute Gasteiger partial charge is 0.273 e. The summed E-state index contributed by atoms with van der Waals surface area (Å²) >= 11 is 5.62. The summed E-state index contributed by atoms with van der Waals surface area (Å²) in [5.41, 5.74) is -0.392. The molecule has 0 aliphatic rings. The molecule has 0 aliphatic heterocycles. The summed E-state index contributed by atoms with van der Waals surface area (Å²) in [6, 6.07) is 0. The van der Waals surface area contributed by atoms with Gasteiger partial charge in [-0.2, -0.15) is 0 Å². The second kappa shape index (κ2) is 4.84. The molecule has 0 atom stereocenters. The Kier molecular flexibility index (Phi) is 3.72. The number of halogens is 1. The van der Waals surface area contributed by atoms with Crippen molar-refractivity contribution in [2.24, 2.45) is 0 Å². The molecule has 1 aromatic heterocycles. The predicted molar refractivity (Wildman–Crippen MR) is 49.3 cm³/mol. The van der Waals surface area contributed by atoms with Crippen LogP contribution in [0.5, 0.6) is 5.88 Å². The Bertz CT molecular complexity index is 326. The van der Waals surface area contributed by atoms with Gasteiger partial charge in [-0.1, -0.05) is 11.6 Å². The molecular weight excluding hydrogens is 194 g/mol. The highest BCUT2D eigenvalue weighted by molar-refractivity contribution is 6.31. The van der Waals surface area contributed by atoms with Crippen molar-refractivity contribution < 1.29 is 4.74 Å². The second-order valence-corrected chi connectivity index (χ2v) is 2.68. The number of ether oxygens (including phenoxy) is 1. The molecule has 2 N–H and O–H groups in total. The first-order valence-electron chi connectivity index (χ1n) is 3.76. The van der Waals surface area contributed by atoms with Crippen molar-refractivity contribution in [2.45, 2.75) is 0 Å². The van der Waals surface area contributed by atoms with Crippen molar-refractivity contribution in [3.8, 4) is 5.88 Å². The number of aromatic amines is 1. The Labute approximate surface area is 80.1 Å². The van der Waals surface area contributed by atoms with E-state index in [4.69, 9.17) is 16.3 Å². The van der Waals surface area contributed by atoms with Crippen LogP contribution >= 0.6 is 11.6 Å². The third-order valence-electron chi connectivity index (χ3n) is 1.36. The summed E-state index contributed by atoms with van der Waals surface area (Å²) < 4.78 is 5.13. The average Bonchev–Trinajstić information content (AvgIpc) is 2.13. The second-order valence-electron chi connectivity index (χ2n) is 2.30. The molecule has 0 radical (unpaired) electrons. The zero-order valence-corrected chi connectivity index (χ0v) is 7.89. The lowest BCUT2D eigenvalue weighted by atomic mass is 10.6. The number of rotatable bonds is 4. The number of nitrogens with one attached hydrogen (secondary N) is 2. The van der Waals surface area contributed by atoms with Gasteiger partial charge in [-0.25, -0.2) is 4.98 Å². The standard InChI is InChI=1S/C7H10ClN3O2/c1-9-2-3-13-7-5(8)6(12)10-4-11-7/h4,9H,2-3H2,1H3,(H,10,11,12). The largest absolute Gasteiger partial charge is 0.475 e. The summed E-state index contributed by atoms with van der Waals surface area (Å²) in [4.78, 5) is 17.1. The van der Waals surface area contributed by atoms with Gasteiger partial charge in [0.1, 0.15) is 6.61 Å². The minimum Gasteiger partial charge on any atom is -0.475 e. The number of nitrogens with zero attached hydrogens (tertiary/aromatic N) is 1. The van der Waals surface area contributed by atoms with Gasteiger partial charge >= 0.3 is 0 Å². The Morgan fingerprint density at radius 1 is 1.77 bits per heavy atom. The zero-order chi connectivity index (χ0) is 9.68. The fraction of sp³-hybridized carbons (Fsp3) is 0.429. The van der Waals surface area contributed by atoms with E-state index in [1.807, 2.05) is 0 Å². The molecule has 72 valence electrons. The van der Waals surface area contributed by atoms with Crippen LogP contribution in [-0.4, -0.2) is 30.2 Å². The zero-order valence-electron chi connectivity index (χ0n) is 7.13. The van der Waals surface area contributed by atoms with Crippen LogP contribution in [0.1, 0.15) is 0 Å². The maximum Gasteiger partial charge on any atom is 0.273 e. The summed E-state index contributed by atoms with van der Waals surface area (Å²) in [5, 5.41) is 2.88. The van der Waals surface area contributed by atoms with Crippen LogP contribution in [0.25, 0.3) is 0 Å². The minimum atomic E-state index is -0.392. The van der Waals surface area contributed by atoms with Crippen LogP contribution < -0.4 is 15.6 Å². The monoisotopic (exact) mass is 203 g/mol. The molecule has 0 aliphatic carbocycles. The molecule has 1 aromatic rings. The van der Waals surface area contributed by atoms with E-state index in [9.17, 15) is 4.79 Å². The van der Waals surface area contributed by atoms with Gasteiger partial charge in [-0.15, -0.1) is 0 Å². The van der Waals surface area contributed by atoms with E-state index >= 15 is 0 Å². The predicted octanol–water partition coefficient (Wildman–Crippen LogP) is 0.0215. The Balaban J connectivity index is 2.66. The van der Waals surface area contributed by atoms with Crippen molar-refractivity contribution in [3.63, 3.8) is 0 Å². The third-order valence-corrected chi connectivity index (χ3v) is 1.69. The van der Waals surface area contributed by atoms with Crippen molar-refractivity contribution in [2.75, 3.05) is 20.2 Å². The van der Waals surface area contributed by atoms with Gasteiger partial charge in [-0.3, -0.25) is 4.79 Å². The number of aromatic nitrogens is 2. The van der Waals surface area contributed by atoms with Crippen LogP contribution in [0.15, 0.2) is 11.1 Å². The lowest BCUT2D eigenvalue weighted by Gasteiger charge is -2.04. The van der Waals surface area contributed by atoms with Gasteiger partial charge in [0.05, 0.1) is 6.33 Å². The highest BCUT2D eigenvalue weighted by Crippen LogP contribution is 2.14. The molecule has 5 nitrogen and oxygen atoms in total. The fourth-order valence-corrected chi connectivity index (χ4v) is 0.875. The fourth-order valence-electron chi connectivity index (χ4n) is 0.717. The normalized spacial score (nSPS) is 10.0. The summed E-state index contributed by atoms with van der Waals surface area (Å²) in [5.74, 6) is 0.167. The number of H-pyrrole nitrogens is 1. The van der Waals surface area contributed by atoms with Gasteiger partial charge < -0.3 is 15.0 Å². The lowest BCUT2D eigenvalue weighted by Crippen LogP contribution is -2.18. The first-order valence-corrected chi connectivity index (χ1v) is 4.14. The Morgan fingerprint density at radius 2 is 2.54 bits per heavy atom. The van der Waals surface area contributed by atoms with E-state index in [1.54, 1.807) is 7.05 Å². The molecule has 0 saturated heterocycles. The molecule has 0 bridgehead atoms. The van der Waals surface area contributed by atoms with Crippen molar-refractivity contribution in [1.29, 1.82) is 0 Å². The van der Waals surface area contributed by atoms with Crippen LogP contribution in [0.4, 0.5) is 0 Å². The first-order chi connectivity index (χ1) is 6.25. The maximum atomic E-state index is 10.9. The maximum absolute atomic E-state index is 10.9. The molecule has 1 rings (SSSR count). The van der Waals surface area contributed by atoms with Crippen LogP contribution in [0, 0.1) is 0 Å². The molecule has 0 fully saturated rings. The molecule has 0 saturated carbocycles. The van der Waals surface area contributed by atoms with E-state index in [0.717, 1.165) is 0 Å². The van der Waals surface area contributed by atoms with Crippen LogP contribution in [-0.2, 0) is 0 Å². The van der Waals surface area contributed by atoms with Gasteiger partial charge in [-0.05, 0) is 7.05 Å². The highest BCUT2D eigenvalue weighted by Gasteiger charge is 2.05. The SMILES string of the molecule is CNCCOc1nc[nH]c(=O)c1Cl. The van der Waals surface area contributed by atoms with Crippen molar-refractivity contribution >= 4 is 11.6 Å². The van der Waals surface area contributed by atoms with Gasteiger partial charge in [0.2, 0.25) is 5.88 Å². The molecule has 0 aromatic carbocycles. The van der Waals surface area contributed by atoms with Crippen LogP contribution in [0.2, 0.25) is 5.02 Å². The molecule has 1 heterocycles. The van der Waals surface area contributed by atoms with E-state index in [-0.39, 0.29) is 10.9 Å². The van der Waals surface area contributed by atoms with E-state index in [0.29, 0.717) is 13.2 Å². The molecule has 0 unspecified atom stereocenters. The Morgan fingerprint density at radius 3 is 3.23 bits per heavy atom. The van der Waals surface area contributed by atoms with E-state index < -0.39 is 5.56 Å². The molecular formula is C7H10ClN3O2. The molecule has 6 heteroatoms. The summed E-state index contributed by atoms with van der Waals surface area (Å²) in [6.45, 7) is 1.09. The highest BCUT2D eigenvalue weighted by atomic mass is 35.5. The molecule has 13 heavy (non-hydrogen) atoms. The number of hydrogen-bond acceptors (Lipinski definition) is 4. The average molecular weight is 204 g/mol. The number of likely N-dealkylation sites (N-methyl/N-ethyl adjacent to an activating group) is 1.